The van der Waals surface area contributed by atoms with Crippen LogP contribution in [-0.4, -0.2) is 33.1 Å². The molecule has 5 rings (SSSR count). The maximum absolute atomic E-state index is 13.4. The molecule has 3 amide bonds. The molecule has 0 unspecified atom stereocenters. The van der Waals surface area contributed by atoms with E-state index in [4.69, 9.17) is 23.2 Å². The maximum Gasteiger partial charge on any atom is 0.294 e. The molecule has 4 aromatic rings. The van der Waals surface area contributed by atoms with Crippen LogP contribution in [0.5, 0.6) is 0 Å². The zero-order valence-electron chi connectivity index (χ0n) is 19.1. The molecular weight excluding hydrogens is 536 g/mol. The number of nitrogens with zero attached hydrogens (tertiary/aromatic N) is 2. The second-order valence-corrected chi connectivity index (χ2v) is 10.1. The van der Waals surface area contributed by atoms with Gasteiger partial charge in [-0.25, -0.2) is 4.39 Å². The predicted molar refractivity (Wildman–Crippen MR) is 145 cm³/mol. The van der Waals surface area contributed by atoms with E-state index < -0.39 is 29.4 Å². The number of hydrogen-bond acceptors (Lipinski definition) is 4. The second kappa shape index (κ2) is 10.4. The summed E-state index contributed by atoms with van der Waals surface area (Å²) in [7, 11) is 0. The molecule has 10 heteroatoms. The number of carbonyl (C=O) groups is 3. The molecule has 1 aliphatic heterocycles. The van der Waals surface area contributed by atoms with Gasteiger partial charge in [0.25, 0.3) is 11.1 Å². The summed E-state index contributed by atoms with van der Waals surface area (Å²) in [5.74, 6) is -1.79. The van der Waals surface area contributed by atoms with Crippen LogP contribution < -0.4 is 5.32 Å². The second-order valence-electron chi connectivity index (χ2n) is 8.27. The minimum absolute atomic E-state index is 0.152. The van der Waals surface area contributed by atoms with E-state index in [0.717, 1.165) is 44.8 Å². The SMILES string of the molecule is O=C(CN1C(=O)S/C(=C/c2cn(Cc3ccccc3Cl)c3ccccc23)C1=O)Nc1ccc(F)c(Cl)c1. The van der Waals surface area contributed by atoms with Gasteiger partial charge in [-0.1, -0.05) is 59.6 Å². The lowest BCUT2D eigenvalue weighted by atomic mass is 10.1. The van der Waals surface area contributed by atoms with E-state index >= 15 is 0 Å². The van der Waals surface area contributed by atoms with Gasteiger partial charge in [0.1, 0.15) is 12.4 Å². The van der Waals surface area contributed by atoms with Crippen LogP contribution >= 0.6 is 35.0 Å². The number of imide groups is 1. The first-order chi connectivity index (χ1) is 17.8. The number of thioether (sulfide) groups is 1. The summed E-state index contributed by atoms with van der Waals surface area (Å²) in [6.07, 6.45) is 3.57. The summed E-state index contributed by atoms with van der Waals surface area (Å²) in [6, 6.07) is 19.0. The molecule has 1 fully saturated rings. The number of halogens is 3. The van der Waals surface area contributed by atoms with Gasteiger partial charge >= 0.3 is 0 Å². The van der Waals surface area contributed by atoms with Crippen LogP contribution in [0.25, 0.3) is 17.0 Å². The predicted octanol–water partition coefficient (Wildman–Crippen LogP) is 6.81. The summed E-state index contributed by atoms with van der Waals surface area (Å²) in [5, 5.41) is 3.38. The molecule has 0 spiro atoms. The summed E-state index contributed by atoms with van der Waals surface area (Å²) in [4.78, 5) is 39.2. The van der Waals surface area contributed by atoms with Crippen molar-refractivity contribution in [1.82, 2.24) is 9.47 Å². The Morgan fingerprint density at radius 2 is 1.76 bits per heavy atom. The molecule has 1 N–H and O–H groups in total. The molecule has 1 aliphatic rings. The van der Waals surface area contributed by atoms with Crippen LogP contribution in [0.3, 0.4) is 0 Å². The summed E-state index contributed by atoms with van der Waals surface area (Å²) in [6.45, 7) is 0.0499. The summed E-state index contributed by atoms with van der Waals surface area (Å²) < 4.78 is 15.4. The van der Waals surface area contributed by atoms with Crippen molar-refractivity contribution >= 4 is 74.7 Å². The van der Waals surface area contributed by atoms with Crippen molar-refractivity contribution in [3.05, 3.63) is 105 Å². The molecule has 186 valence electrons. The Morgan fingerprint density at radius 1 is 1.00 bits per heavy atom. The number of fused-ring (bicyclic) bond motifs is 1. The van der Waals surface area contributed by atoms with Gasteiger partial charge in [0.05, 0.1) is 9.93 Å². The van der Waals surface area contributed by atoms with Crippen molar-refractivity contribution in [2.75, 3.05) is 11.9 Å². The standard InChI is InChI=1S/C27H18Cl2FN3O3S/c28-20-7-3-1-5-16(20)13-32-14-17(19-6-2-4-8-23(19)32)11-24-26(35)33(27(36)37-24)15-25(34)31-18-9-10-22(30)21(29)12-18/h1-12,14H,13,15H2,(H,31,34)/b24-11+. The fourth-order valence-electron chi connectivity index (χ4n) is 4.03. The first-order valence-electron chi connectivity index (χ1n) is 11.1. The van der Waals surface area contributed by atoms with Gasteiger partial charge < -0.3 is 9.88 Å². The Labute approximate surface area is 225 Å². The van der Waals surface area contributed by atoms with Crippen LogP contribution in [0, 0.1) is 5.82 Å². The molecule has 0 radical (unpaired) electrons. The van der Waals surface area contributed by atoms with Crippen molar-refractivity contribution in [3.8, 4) is 0 Å². The topological polar surface area (TPSA) is 71.4 Å². The molecule has 1 aromatic heterocycles. The molecule has 6 nitrogen and oxygen atoms in total. The molecule has 0 atom stereocenters. The molecule has 0 bridgehead atoms. The lowest BCUT2D eigenvalue weighted by Gasteiger charge is -2.12. The average Bonchev–Trinajstić information content (AvgIpc) is 3.35. The van der Waals surface area contributed by atoms with Crippen molar-refractivity contribution in [1.29, 1.82) is 0 Å². The Bertz CT molecular complexity index is 1600. The molecule has 0 saturated carbocycles. The fraction of sp³-hybridized carbons (Fsp3) is 0.0741. The Balaban J connectivity index is 1.37. The highest BCUT2D eigenvalue weighted by molar-refractivity contribution is 8.18. The smallest absolute Gasteiger partial charge is 0.294 e. The number of anilines is 1. The highest BCUT2D eigenvalue weighted by Crippen LogP contribution is 2.34. The van der Waals surface area contributed by atoms with Gasteiger partial charge in [-0.3, -0.25) is 19.3 Å². The molecule has 37 heavy (non-hydrogen) atoms. The van der Waals surface area contributed by atoms with Crippen LogP contribution in [0.1, 0.15) is 11.1 Å². The van der Waals surface area contributed by atoms with Crippen molar-refractivity contribution in [2.24, 2.45) is 0 Å². The largest absolute Gasteiger partial charge is 0.342 e. The number of carbonyl (C=O) groups excluding carboxylic acids is 3. The lowest BCUT2D eigenvalue weighted by Crippen LogP contribution is -2.36. The number of para-hydroxylation sites is 1. The van der Waals surface area contributed by atoms with E-state index in [9.17, 15) is 18.8 Å². The van der Waals surface area contributed by atoms with E-state index in [1.165, 1.54) is 12.1 Å². The minimum atomic E-state index is -0.621. The van der Waals surface area contributed by atoms with E-state index in [0.29, 0.717) is 11.6 Å². The zero-order chi connectivity index (χ0) is 26.1. The van der Waals surface area contributed by atoms with Gasteiger partial charge in [-0.2, -0.15) is 0 Å². The highest BCUT2D eigenvalue weighted by Gasteiger charge is 2.36. The minimum Gasteiger partial charge on any atom is -0.342 e. The monoisotopic (exact) mass is 553 g/mol. The van der Waals surface area contributed by atoms with Crippen molar-refractivity contribution < 1.29 is 18.8 Å². The maximum atomic E-state index is 13.4. The summed E-state index contributed by atoms with van der Waals surface area (Å²) in [5.41, 5.74) is 2.92. The molecule has 0 aliphatic carbocycles. The van der Waals surface area contributed by atoms with E-state index in [1.807, 2.05) is 59.3 Å². The third-order valence-corrected chi connectivity index (χ3v) is 7.35. The average molecular weight is 554 g/mol. The highest BCUT2D eigenvalue weighted by atomic mass is 35.5. The van der Waals surface area contributed by atoms with Crippen molar-refractivity contribution in [3.63, 3.8) is 0 Å². The summed E-state index contributed by atoms with van der Waals surface area (Å²) >= 11 is 12.9. The lowest BCUT2D eigenvalue weighted by molar-refractivity contribution is -0.127. The van der Waals surface area contributed by atoms with E-state index in [1.54, 1.807) is 6.08 Å². The number of aromatic nitrogens is 1. The number of benzene rings is 3. The van der Waals surface area contributed by atoms with Gasteiger partial charge in [-0.05, 0) is 53.7 Å². The van der Waals surface area contributed by atoms with Crippen LogP contribution in [0.15, 0.2) is 77.8 Å². The first-order valence-corrected chi connectivity index (χ1v) is 12.7. The molecular formula is C27H18Cl2FN3O3S. The number of hydrogen-bond donors (Lipinski definition) is 1. The van der Waals surface area contributed by atoms with E-state index in [-0.39, 0.29) is 15.6 Å². The fourth-order valence-corrected chi connectivity index (χ4v) is 5.23. The Kier molecular flexibility index (Phi) is 7.06. The molecule has 2 heterocycles. The number of nitrogens with one attached hydrogen (secondary N) is 1. The van der Waals surface area contributed by atoms with Crippen LogP contribution in [-0.2, 0) is 16.1 Å². The van der Waals surface area contributed by atoms with Gasteiger partial charge in [0, 0.05) is 39.9 Å². The Morgan fingerprint density at radius 3 is 2.54 bits per heavy atom. The third kappa shape index (κ3) is 5.27. The zero-order valence-corrected chi connectivity index (χ0v) is 21.4. The first kappa shape index (κ1) is 25.1. The van der Waals surface area contributed by atoms with Crippen LogP contribution in [0.4, 0.5) is 14.9 Å². The Hall–Kier alpha value is -3.59. The van der Waals surface area contributed by atoms with Crippen molar-refractivity contribution in [2.45, 2.75) is 6.54 Å². The number of rotatable bonds is 6. The third-order valence-electron chi connectivity index (χ3n) is 5.78. The quantitative estimate of drug-likeness (QED) is 0.266. The van der Waals surface area contributed by atoms with Crippen LogP contribution in [0.2, 0.25) is 10.0 Å². The van der Waals surface area contributed by atoms with E-state index in [2.05, 4.69) is 5.32 Å². The number of amides is 3. The normalized spacial score (nSPS) is 14.7. The van der Waals surface area contributed by atoms with Gasteiger partial charge in [0.15, 0.2) is 0 Å². The molecule has 1 saturated heterocycles. The van der Waals surface area contributed by atoms with Gasteiger partial charge in [0.2, 0.25) is 5.91 Å². The van der Waals surface area contributed by atoms with Gasteiger partial charge in [-0.15, -0.1) is 0 Å². The molecule has 3 aromatic carbocycles.